The van der Waals surface area contributed by atoms with E-state index < -0.39 is 5.97 Å². The summed E-state index contributed by atoms with van der Waals surface area (Å²) in [5, 5.41) is 8.29. The van der Waals surface area contributed by atoms with Crippen molar-refractivity contribution in [1.29, 1.82) is 0 Å². The van der Waals surface area contributed by atoms with Gasteiger partial charge in [0.15, 0.2) is 0 Å². The Hall–Kier alpha value is -0.264. The summed E-state index contributed by atoms with van der Waals surface area (Å²) < 4.78 is 0. The van der Waals surface area contributed by atoms with E-state index in [2.05, 4.69) is 6.92 Å². The Balaban J connectivity index is 0. The maximum Gasteiger partial charge on any atom is 1.00 e. The second-order valence-corrected chi connectivity index (χ2v) is 6.51. The molecule has 146 valence electrons. The zero-order chi connectivity index (χ0) is 19.3. The van der Waals surface area contributed by atoms with E-state index in [0.717, 1.165) is 18.1 Å². The largest absolute Gasteiger partial charge is 1.00 e. The summed E-state index contributed by atoms with van der Waals surface area (Å²) in [6.07, 6.45) is 20.0. The van der Waals surface area contributed by atoms with E-state index in [-0.39, 0.29) is 51.4 Å². The molecular weight excluding hydrogens is 363 g/mol. The molecule has 1 aromatic carbocycles. The molecule has 0 amide bonds. The summed E-state index contributed by atoms with van der Waals surface area (Å²) in [5.41, 5.74) is 0.898. The second kappa shape index (κ2) is 23.8. The van der Waals surface area contributed by atoms with Crippen LogP contribution < -0.4 is 51.4 Å². The first-order chi connectivity index (χ1) is 12.7. The molecule has 0 bridgehead atoms. The summed E-state index contributed by atoms with van der Waals surface area (Å²) in [6, 6.07) is 9.31. The van der Waals surface area contributed by atoms with Gasteiger partial charge in [-0.1, -0.05) is 108 Å². The second-order valence-electron chi connectivity index (χ2n) is 6.51. The van der Waals surface area contributed by atoms with E-state index in [1.807, 2.05) is 36.6 Å². The number of hydrogen-bond acceptors (Lipinski definition) is 2. The smallest absolute Gasteiger partial charge is 0.542 e. The molecule has 0 saturated heterocycles. The van der Waals surface area contributed by atoms with E-state index in [0.29, 0.717) is 6.42 Å². The number of carbonyl (C=O) groups excluding carboxylic acids is 1. The van der Waals surface area contributed by atoms with E-state index in [9.17, 15) is 9.59 Å². The Labute approximate surface area is 208 Å². The number of unbranched alkanes of at least 4 members (excludes halogenated alkanes) is 11. The predicted molar refractivity (Wildman–Crippen MR) is 110 cm³/mol. The van der Waals surface area contributed by atoms with Gasteiger partial charge in [-0.25, -0.2) is 4.79 Å². The van der Waals surface area contributed by atoms with Crippen molar-refractivity contribution < 1.29 is 66.1 Å². The summed E-state index contributed by atoms with van der Waals surface area (Å²) in [5.74, 6) is -0.922. The average Bonchev–Trinajstić information content (AvgIpc) is 2.66. The summed E-state index contributed by atoms with van der Waals surface area (Å²) in [4.78, 5) is 20.0. The van der Waals surface area contributed by atoms with Gasteiger partial charge in [-0.05, 0) is 11.6 Å². The van der Waals surface area contributed by atoms with Crippen LogP contribution in [-0.2, 0) is 9.59 Å². The molecule has 0 atom stereocenters. The molecule has 0 aliphatic heterocycles. The Morgan fingerprint density at radius 1 is 0.889 bits per heavy atom. The molecule has 0 aliphatic carbocycles. The first kappa shape index (κ1) is 28.9. The first-order valence-corrected chi connectivity index (χ1v) is 10.0. The molecule has 0 fully saturated rings. The van der Waals surface area contributed by atoms with Gasteiger partial charge >= 0.3 is 57.4 Å². The van der Waals surface area contributed by atoms with Crippen molar-refractivity contribution in [1.82, 2.24) is 0 Å². The molecule has 0 saturated carbocycles. The van der Waals surface area contributed by atoms with Crippen LogP contribution in [0.15, 0.2) is 36.4 Å². The van der Waals surface area contributed by atoms with Crippen LogP contribution in [0.5, 0.6) is 0 Å². The number of aliphatic carboxylic acids is 1. The molecule has 1 rings (SSSR count). The quantitative estimate of drug-likeness (QED) is 0.225. The minimum atomic E-state index is -0.922. The summed E-state index contributed by atoms with van der Waals surface area (Å²) in [7, 11) is 0. The summed E-state index contributed by atoms with van der Waals surface area (Å²) >= 11 is 0. The van der Waals surface area contributed by atoms with Crippen molar-refractivity contribution in [2.24, 2.45) is 0 Å². The SMILES string of the molecule is CCCCCCCCCCCCC[C-]=O.O=C(O)C=Cc1ccccc1.[K+]. The van der Waals surface area contributed by atoms with Crippen LogP contribution in [0.4, 0.5) is 0 Å². The molecule has 27 heavy (non-hydrogen) atoms. The molecule has 0 radical (unpaired) electrons. The van der Waals surface area contributed by atoms with Gasteiger partial charge in [-0.15, -0.1) is 0 Å². The maximum absolute atomic E-state index is 10.1. The van der Waals surface area contributed by atoms with Gasteiger partial charge in [0.2, 0.25) is 0 Å². The standard InChI is InChI=1S/C14H27O.C9H8O2.K/c1-2-3-4-5-6-7-8-9-10-11-12-13-14-15;10-9(11)7-6-8-4-2-1-3-5-8;/h2-13H2,1H3;1-7H,(H,10,11);/q-1;;+1. The van der Waals surface area contributed by atoms with Crippen LogP contribution in [0.3, 0.4) is 0 Å². The van der Waals surface area contributed by atoms with E-state index in [4.69, 9.17) is 5.11 Å². The van der Waals surface area contributed by atoms with Crippen molar-refractivity contribution in [3.8, 4) is 0 Å². The number of benzene rings is 1. The number of hydrogen-bond donors (Lipinski definition) is 1. The molecule has 0 aromatic heterocycles. The van der Waals surface area contributed by atoms with Crippen molar-refractivity contribution in [3.63, 3.8) is 0 Å². The fourth-order valence-electron chi connectivity index (χ4n) is 2.59. The Kier molecular flexibility index (Phi) is 25.5. The van der Waals surface area contributed by atoms with Crippen molar-refractivity contribution in [3.05, 3.63) is 42.0 Å². The number of carboxylic acids is 1. The van der Waals surface area contributed by atoms with Gasteiger partial charge < -0.3 is 9.90 Å². The van der Waals surface area contributed by atoms with Crippen molar-refractivity contribution >= 4 is 18.3 Å². The van der Waals surface area contributed by atoms with Crippen molar-refractivity contribution in [2.75, 3.05) is 0 Å². The zero-order valence-corrected chi connectivity index (χ0v) is 20.4. The van der Waals surface area contributed by atoms with E-state index >= 15 is 0 Å². The average molecular weight is 399 g/mol. The Bertz CT molecular complexity index is 472. The number of carboxylic acid groups (broad SMARTS) is 1. The zero-order valence-electron chi connectivity index (χ0n) is 17.3. The maximum atomic E-state index is 10.1. The fraction of sp³-hybridized carbons (Fsp3) is 0.565. The van der Waals surface area contributed by atoms with Crippen LogP contribution in [0.25, 0.3) is 6.08 Å². The molecule has 4 heteroatoms. The third-order valence-corrected chi connectivity index (χ3v) is 4.10. The third kappa shape index (κ3) is 23.7. The van der Waals surface area contributed by atoms with Gasteiger partial charge in [-0.2, -0.15) is 6.42 Å². The van der Waals surface area contributed by atoms with Crippen LogP contribution in [0, 0.1) is 0 Å². The Morgan fingerprint density at radius 3 is 1.81 bits per heavy atom. The number of rotatable bonds is 14. The molecule has 3 nitrogen and oxygen atoms in total. The first-order valence-electron chi connectivity index (χ1n) is 10.0. The molecule has 1 aromatic rings. The summed E-state index contributed by atoms with van der Waals surface area (Å²) in [6.45, 7) is 2.26. The van der Waals surface area contributed by atoms with Gasteiger partial charge in [-0.3, -0.25) is 6.29 Å². The van der Waals surface area contributed by atoms with Gasteiger partial charge in [0.1, 0.15) is 0 Å². The van der Waals surface area contributed by atoms with Gasteiger partial charge in [0, 0.05) is 6.08 Å². The molecule has 1 N–H and O–H groups in total. The van der Waals surface area contributed by atoms with Gasteiger partial charge in [0.05, 0.1) is 0 Å². The van der Waals surface area contributed by atoms with Crippen LogP contribution >= 0.6 is 0 Å². The fourth-order valence-corrected chi connectivity index (χ4v) is 2.59. The third-order valence-electron chi connectivity index (χ3n) is 4.10. The van der Waals surface area contributed by atoms with Crippen LogP contribution in [0.2, 0.25) is 0 Å². The molecular formula is C23H35KO3. The Morgan fingerprint density at radius 2 is 1.37 bits per heavy atom. The molecule has 0 aliphatic rings. The van der Waals surface area contributed by atoms with E-state index in [1.165, 1.54) is 64.2 Å². The normalized spacial score (nSPS) is 9.96. The van der Waals surface area contributed by atoms with Crippen molar-refractivity contribution in [2.45, 2.75) is 84.0 Å². The van der Waals surface area contributed by atoms with Crippen LogP contribution in [-0.4, -0.2) is 17.4 Å². The predicted octanol–water partition coefficient (Wildman–Crippen LogP) is 3.59. The monoisotopic (exact) mass is 398 g/mol. The minimum absolute atomic E-state index is 0. The molecule has 0 spiro atoms. The topological polar surface area (TPSA) is 54.4 Å². The van der Waals surface area contributed by atoms with E-state index in [1.54, 1.807) is 6.08 Å². The van der Waals surface area contributed by atoms with Crippen LogP contribution in [0.1, 0.15) is 89.5 Å². The number of carbonyl (C=O) groups is 1. The molecule has 0 unspecified atom stereocenters. The van der Waals surface area contributed by atoms with Gasteiger partial charge in [0.25, 0.3) is 0 Å². The molecule has 0 heterocycles. The minimum Gasteiger partial charge on any atom is -0.542 e.